The molecule has 5 aromatic carbocycles. The van der Waals surface area contributed by atoms with Gasteiger partial charge in [0.25, 0.3) is 10.1 Å². The monoisotopic (exact) mass is 1870 g/mol. The van der Waals surface area contributed by atoms with Crippen molar-refractivity contribution in [3.8, 4) is 0 Å². The number of fused-ring (bicyclic) bond motifs is 1. The second-order valence-electron chi connectivity index (χ2n) is 36.0. The standard InChI is InChI=1S/C19H28F2O4.C18H18F2O4.C15H18F2O4.C14H18F2O5S.C14H16F2O4.C13H22F2O3/c1-11(2)3-15(19(20,21)17(23)24)25-16(22)10-18-7-12-4-13(8-18)6-14(5-12)9-18;1-11(2)9-15(18(19,20)17(22)23)24-16(21)14-8-7-12-5-3-4-6-13(12)10-14;1-9(2)8-12(15(16,17)14(19)20)21-13(18)11-6-4-10(3)5-7-11;1-9(2)8-12(14(15,16)13(17)18)21-22(19,20)11-6-4-10(3)5-7-11;1-9(2)8-11(14(15,16)13(18)19)20-12(17)10-6-4-3-5-7-10;1-9(2)8-11(13(14,15)12(16)17)18-10-6-4-3-5-7-10/h11-15H,3-10H2,1-2H3,(H,23,24);3-8,10-11,15H,9H2,1-2H3,(H,22,23);4-7,9,12H,8H2,1-3H3,(H,19,20);4-7,9,12H,8H2,1-3H3,(H,17,18);3-7,9,11H,8H2,1-2H3,(H,18,19);9-11H,3-8H2,1-2H3,(H,16,17)/p-6. The van der Waals surface area contributed by atoms with Crippen molar-refractivity contribution in [1.29, 1.82) is 0 Å². The first-order chi connectivity index (χ1) is 60.0. The molecule has 10 rings (SSSR count). The lowest BCUT2D eigenvalue weighted by Gasteiger charge is -2.56. The van der Waals surface area contributed by atoms with Gasteiger partial charge >= 0.3 is 59.4 Å². The van der Waals surface area contributed by atoms with Crippen molar-refractivity contribution in [2.45, 2.75) is 296 Å². The van der Waals surface area contributed by atoms with Gasteiger partial charge in [-0.25, -0.2) is 14.4 Å². The molecule has 0 aliphatic heterocycles. The van der Waals surface area contributed by atoms with Crippen molar-refractivity contribution in [2.75, 3.05) is 0 Å². The Kier molecular flexibility index (Phi) is 42.4. The normalized spacial score (nSPS) is 18.4. The van der Waals surface area contributed by atoms with E-state index in [2.05, 4.69) is 8.92 Å². The highest BCUT2D eigenvalue weighted by molar-refractivity contribution is 7.86. The van der Waals surface area contributed by atoms with Crippen LogP contribution in [-0.2, 0) is 71.5 Å². The van der Waals surface area contributed by atoms with Crippen LogP contribution in [-0.4, -0.2) is 146 Å². The molecule has 0 heterocycles. The third-order valence-electron chi connectivity index (χ3n) is 21.6. The largest absolute Gasteiger partial charge is 0.544 e. The predicted molar refractivity (Wildman–Crippen MR) is 436 cm³/mol. The van der Waals surface area contributed by atoms with Crippen LogP contribution in [0.3, 0.4) is 0 Å². The lowest BCUT2D eigenvalue weighted by molar-refractivity contribution is -0.339. The third-order valence-corrected chi connectivity index (χ3v) is 23.0. The van der Waals surface area contributed by atoms with Crippen molar-refractivity contribution in [2.24, 2.45) is 58.7 Å². The van der Waals surface area contributed by atoms with E-state index in [4.69, 9.17) is 18.9 Å². The van der Waals surface area contributed by atoms with Gasteiger partial charge in [-0.05, 0) is 222 Å². The number of hydrogen-bond acceptors (Lipinski definition) is 24. The Bertz CT molecular complexity index is 4620. The molecule has 24 nitrogen and oxygen atoms in total. The minimum Gasteiger partial charge on any atom is -0.544 e. The van der Waals surface area contributed by atoms with E-state index < -0.39 is 154 Å². The van der Waals surface area contributed by atoms with E-state index in [0.717, 1.165) is 73.3 Å². The molecule has 130 heavy (non-hydrogen) atoms. The molecule has 0 aromatic heterocycles. The molecule has 0 saturated heterocycles. The quantitative estimate of drug-likeness (QED) is 0.0153. The highest BCUT2D eigenvalue weighted by Gasteiger charge is 2.54. The first-order valence-electron chi connectivity index (χ1n) is 42.6. The number of hydrogen-bond donors (Lipinski definition) is 0. The SMILES string of the molecule is CC(C)CC(OC(=O)CC12CC3CC(CC(C3)C1)C2)C(F)(F)C(=O)[O-].CC(C)CC(OC(=O)c1ccc2ccccc2c1)C(F)(F)C(=O)[O-].CC(C)CC(OC(=O)c1ccccc1)C(F)(F)C(=O)[O-].CC(C)CC(OC1CCCCC1)C(F)(F)C(=O)[O-].Cc1ccc(C(=O)OC(CC(C)C)C(F)(F)C(=O)[O-])cc1.Cc1ccc(S(=O)(=O)OC(CC(C)C)C(F)(F)C(=O)[O-])cc1. The number of halogens is 12. The Morgan fingerprint density at radius 2 is 0.654 bits per heavy atom. The van der Waals surface area contributed by atoms with Crippen LogP contribution in [0.25, 0.3) is 10.8 Å². The lowest BCUT2D eigenvalue weighted by Crippen LogP contribution is -2.52. The average molecular weight is 1880 g/mol. The van der Waals surface area contributed by atoms with Crippen molar-refractivity contribution in [3.63, 3.8) is 0 Å². The molecule has 6 atom stereocenters. The first-order valence-corrected chi connectivity index (χ1v) is 44.0. The fourth-order valence-electron chi connectivity index (χ4n) is 15.5. The highest BCUT2D eigenvalue weighted by Crippen LogP contribution is 2.61. The number of aryl methyl sites for hydroxylation is 2. The Morgan fingerprint density at radius 3 is 1.02 bits per heavy atom. The lowest BCUT2D eigenvalue weighted by atomic mass is 9.49. The van der Waals surface area contributed by atoms with Crippen LogP contribution in [0.4, 0.5) is 52.7 Å². The van der Waals surface area contributed by atoms with Crippen LogP contribution in [0.2, 0.25) is 0 Å². The van der Waals surface area contributed by atoms with Gasteiger partial charge in [-0.2, -0.15) is 61.1 Å². The topological polar surface area (TPSA) is 399 Å². The molecule has 5 saturated carbocycles. The fraction of sp³-hybridized carbons (Fsp3) is 0.591. The molecular formula is C93H114F12O24S-6. The van der Waals surface area contributed by atoms with Gasteiger partial charge in [-0.3, -0.25) is 8.98 Å². The number of ether oxygens (including phenoxy) is 5. The molecule has 5 aliphatic rings. The Labute approximate surface area is 748 Å². The third kappa shape index (κ3) is 34.4. The molecule has 5 aromatic rings. The van der Waals surface area contributed by atoms with Crippen LogP contribution >= 0.6 is 0 Å². The van der Waals surface area contributed by atoms with Crippen LogP contribution in [0.5, 0.6) is 0 Å². The fourth-order valence-corrected chi connectivity index (χ4v) is 16.6. The Balaban J connectivity index is 0.000000328. The van der Waals surface area contributed by atoms with Crippen molar-refractivity contribution in [1.82, 2.24) is 0 Å². The van der Waals surface area contributed by atoms with Crippen LogP contribution < -0.4 is 30.6 Å². The van der Waals surface area contributed by atoms with E-state index in [9.17, 15) is 140 Å². The molecule has 5 fully saturated rings. The number of carboxylic acids is 6. The van der Waals surface area contributed by atoms with Gasteiger partial charge in [-0.15, -0.1) is 0 Å². The zero-order valence-corrected chi connectivity index (χ0v) is 75.6. The summed E-state index contributed by atoms with van der Waals surface area (Å²) in [6.07, 6.45) is -2.58. The number of carboxylic acid groups (broad SMARTS) is 6. The molecule has 726 valence electrons. The zero-order chi connectivity index (χ0) is 98.7. The molecule has 5 aliphatic carbocycles. The maximum Gasteiger partial charge on any atom is 0.338 e. The minimum atomic E-state index is -4.51. The molecular weight excluding hydrogens is 1760 g/mol. The molecule has 6 unspecified atom stereocenters. The molecule has 0 spiro atoms. The summed E-state index contributed by atoms with van der Waals surface area (Å²) in [6, 6.07) is 30.9. The number of alkyl halides is 12. The van der Waals surface area contributed by atoms with Gasteiger partial charge in [0.1, 0.15) is 48.0 Å². The van der Waals surface area contributed by atoms with Gasteiger partial charge in [0.15, 0.2) is 24.4 Å². The number of rotatable bonds is 38. The molecule has 4 bridgehead atoms. The zero-order valence-electron chi connectivity index (χ0n) is 74.8. The smallest absolute Gasteiger partial charge is 0.338 e. The van der Waals surface area contributed by atoms with E-state index in [0.29, 0.717) is 17.8 Å². The van der Waals surface area contributed by atoms with Gasteiger partial charge in [0, 0.05) is 0 Å². The summed E-state index contributed by atoms with van der Waals surface area (Å²) in [5.74, 6) is -43.6. The van der Waals surface area contributed by atoms with Gasteiger partial charge in [0.2, 0.25) is 0 Å². The van der Waals surface area contributed by atoms with Gasteiger partial charge in [-0.1, -0.05) is 186 Å². The number of esters is 4. The average Bonchev–Trinajstić information content (AvgIpc) is 0.745. The summed E-state index contributed by atoms with van der Waals surface area (Å²) in [7, 11) is -4.51. The van der Waals surface area contributed by atoms with Gasteiger partial charge in [0.05, 0.1) is 34.1 Å². The van der Waals surface area contributed by atoms with Crippen LogP contribution in [0.15, 0.2) is 126 Å². The van der Waals surface area contributed by atoms with Gasteiger partial charge < -0.3 is 83.1 Å². The van der Waals surface area contributed by atoms with E-state index >= 15 is 0 Å². The second-order valence-corrected chi connectivity index (χ2v) is 37.6. The molecule has 0 N–H and O–H groups in total. The molecule has 0 radical (unpaired) electrons. The molecule has 0 amide bonds. The maximum absolute atomic E-state index is 13.9. The van der Waals surface area contributed by atoms with E-state index in [1.807, 2.05) is 12.1 Å². The van der Waals surface area contributed by atoms with Crippen LogP contribution in [0.1, 0.15) is 241 Å². The predicted octanol–water partition coefficient (Wildman–Crippen LogP) is 13.0. The van der Waals surface area contributed by atoms with Crippen LogP contribution in [0, 0.1) is 72.5 Å². The second kappa shape index (κ2) is 49.0. The summed E-state index contributed by atoms with van der Waals surface area (Å²) in [5, 5.41) is 65.3. The number of benzene rings is 5. The summed E-state index contributed by atoms with van der Waals surface area (Å²) >= 11 is 0. The maximum atomic E-state index is 13.9. The summed E-state index contributed by atoms with van der Waals surface area (Å²) in [6.45, 7) is 23.3. The minimum absolute atomic E-state index is 0.0253. The Hall–Kier alpha value is -9.91. The highest BCUT2D eigenvalue weighted by atomic mass is 32.2. The number of carbonyl (C=O) groups excluding carboxylic acids is 10. The van der Waals surface area contributed by atoms with E-state index in [1.165, 1.54) is 79.9 Å². The number of aliphatic carboxylic acids is 6. The number of carbonyl (C=O) groups is 10. The summed E-state index contributed by atoms with van der Waals surface area (Å²) in [4.78, 5) is 112. The van der Waals surface area contributed by atoms with E-state index in [-0.39, 0.29) is 101 Å². The van der Waals surface area contributed by atoms with Crippen molar-refractivity contribution < 1.29 is 168 Å². The summed E-state index contributed by atoms with van der Waals surface area (Å²) in [5.41, 5.74) is 1.80. The Morgan fingerprint density at radius 1 is 0.362 bits per heavy atom. The van der Waals surface area contributed by atoms with E-state index in [1.54, 1.807) is 145 Å². The summed E-state index contributed by atoms with van der Waals surface area (Å²) < 4.78 is 217. The van der Waals surface area contributed by atoms with Crippen molar-refractivity contribution >= 4 is 80.6 Å². The first kappa shape index (κ1) is 112. The van der Waals surface area contributed by atoms with Crippen molar-refractivity contribution in [3.05, 3.63) is 149 Å². The molecule has 37 heteroatoms.